The van der Waals surface area contributed by atoms with E-state index in [9.17, 15) is 18.0 Å². The maximum atomic E-state index is 12.3. The highest BCUT2D eigenvalue weighted by molar-refractivity contribution is 5.75. The normalized spacial score (nSPS) is 13.4. The third-order valence-corrected chi connectivity index (χ3v) is 2.22. The number of ether oxygens (including phenoxy) is 1. The van der Waals surface area contributed by atoms with Crippen molar-refractivity contribution in [1.82, 2.24) is 15.1 Å². The number of aromatic nitrogens is 2. The summed E-state index contributed by atoms with van der Waals surface area (Å²) in [4.78, 5) is 11.4. The molecule has 8 heteroatoms. The zero-order valence-corrected chi connectivity index (χ0v) is 9.99. The number of rotatable bonds is 5. The molecule has 1 N–H and O–H groups in total. The monoisotopic (exact) mass is 265 g/mol. The fourth-order valence-electron chi connectivity index (χ4n) is 1.33. The van der Waals surface area contributed by atoms with Gasteiger partial charge < -0.3 is 10.1 Å². The Kier molecular flexibility index (Phi) is 4.71. The summed E-state index contributed by atoms with van der Waals surface area (Å²) in [6, 6.07) is 0.128. The van der Waals surface area contributed by atoms with E-state index in [1.54, 1.807) is 6.92 Å². The minimum atomic E-state index is -4.48. The molecular formula is C10H14F3N3O2. The standard InChI is InChI=1S/C10H14F3N3O2/c1-3-18-9(17)7(14-2)6-16-5-4-8(15-16)10(11,12)13/h4-5,7,14H,3,6H2,1-2H3. The first-order valence-electron chi connectivity index (χ1n) is 5.33. The van der Waals surface area contributed by atoms with Gasteiger partial charge in [0.25, 0.3) is 0 Å². The van der Waals surface area contributed by atoms with Crippen molar-refractivity contribution in [3.63, 3.8) is 0 Å². The summed E-state index contributed by atoms with van der Waals surface area (Å²) in [5.41, 5.74) is -0.985. The zero-order valence-electron chi connectivity index (χ0n) is 9.99. The quantitative estimate of drug-likeness (QED) is 0.809. The largest absolute Gasteiger partial charge is 0.465 e. The molecular weight excluding hydrogens is 251 g/mol. The second-order valence-corrected chi connectivity index (χ2v) is 3.51. The molecule has 0 aromatic carbocycles. The summed E-state index contributed by atoms with van der Waals surface area (Å²) < 4.78 is 42.8. The number of likely N-dealkylation sites (N-methyl/N-ethyl adjacent to an activating group) is 1. The van der Waals surface area contributed by atoms with E-state index in [1.165, 1.54) is 13.2 Å². The lowest BCUT2D eigenvalue weighted by molar-refractivity contribution is -0.145. The van der Waals surface area contributed by atoms with E-state index >= 15 is 0 Å². The molecule has 0 aliphatic carbocycles. The van der Waals surface area contributed by atoms with Crippen molar-refractivity contribution in [2.24, 2.45) is 0 Å². The van der Waals surface area contributed by atoms with E-state index in [1.807, 2.05) is 0 Å². The van der Waals surface area contributed by atoms with Gasteiger partial charge in [-0.25, -0.2) is 0 Å². The fourth-order valence-corrected chi connectivity index (χ4v) is 1.33. The molecule has 1 atom stereocenters. The predicted octanol–water partition coefficient (Wildman–Crippen LogP) is 1.05. The Hall–Kier alpha value is -1.57. The molecule has 0 aliphatic rings. The number of hydrogen-bond acceptors (Lipinski definition) is 4. The summed E-state index contributed by atoms with van der Waals surface area (Å²) in [6.07, 6.45) is -3.31. The van der Waals surface area contributed by atoms with Crippen LogP contribution in [0.3, 0.4) is 0 Å². The van der Waals surface area contributed by atoms with Crippen molar-refractivity contribution in [3.05, 3.63) is 18.0 Å². The van der Waals surface area contributed by atoms with Gasteiger partial charge >= 0.3 is 12.1 Å². The molecule has 18 heavy (non-hydrogen) atoms. The van der Waals surface area contributed by atoms with Crippen LogP contribution >= 0.6 is 0 Å². The highest BCUT2D eigenvalue weighted by Crippen LogP contribution is 2.27. The molecule has 1 rings (SSSR count). The van der Waals surface area contributed by atoms with Crippen LogP contribution in [0.1, 0.15) is 12.6 Å². The Labute approximate surface area is 102 Å². The smallest absolute Gasteiger partial charge is 0.435 e. The summed E-state index contributed by atoms with van der Waals surface area (Å²) in [5.74, 6) is -0.524. The molecule has 0 aliphatic heterocycles. The lowest BCUT2D eigenvalue weighted by atomic mass is 10.3. The highest BCUT2D eigenvalue weighted by atomic mass is 19.4. The highest BCUT2D eigenvalue weighted by Gasteiger charge is 2.33. The Morgan fingerprint density at radius 1 is 1.61 bits per heavy atom. The van der Waals surface area contributed by atoms with Gasteiger partial charge in [-0.1, -0.05) is 0 Å². The second-order valence-electron chi connectivity index (χ2n) is 3.51. The van der Waals surface area contributed by atoms with Gasteiger partial charge in [0.1, 0.15) is 6.04 Å². The van der Waals surface area contributed by atoms with Crippen molar-refractivity contribution < 1.29 is 22.7 Å². The first-order valence-corrected chi connectivity index (χ1v) is 5.33. The van der Waals surface area contributed by atoms with E-state index in [0.29, 0.717) is 0 Å². The fraction of sp³-hybridized carbons (Fsp3) is 0.600. The average Bonchev–Trinajstić information content (AvgIpc) is 2.74. The summed E-state index contributed by atoms with van der Waals surface area (Å²) in [7, 11) is 1.52. The Morgan fingerprint density at radius 2 is 2.28 bits per heavy atom. The molecule has 0 saturated heterocycles. The van der Waals surface area contributed by atoms with Gasteiger partial charge in [-0.2, -0.15) is 18.3 Å². The van der Waals surface area contributed by atoms with Crippen LogP contribution in [0.5, 0.6) is 0 Å². The van der Waals surface area contributed by atoms with Crippen molar-refractivity contribution in [1.29, 1.82) is 0 Å². The third-order valence-electron chi connectivity index (χ3n) is 2.22. The van der Waals surface area contributed by atoms with Gasteiger partial charge in [0.15, 0.2) is 5.69 Å². The maximum absolute atomic E-state index is 12.3. The van der Waals surface area contributed by atoms with Crippen LogP contribution in [0.2, 0.25) is 0 Å². The van der Waals surface area contributed by atoms with E-state index < -0.39 is 23.9 Å². The second kappa shape index (κ2) is 5.85. The molecule has 0 radical (unpaired) electrons. The SMILES string of the molecule is CCOC(=O)C(Cn1ccc(C(F)(F)F)n1)NC. The maximum Gasteiger partial charge on any atom is 0.435 e. The van der Waals surface area contributed by atoms with Gasteiger partial charge in [-0.05, 0) is 20.0 Å². The molecule has 0 saturated carbocycles. The van der Waals surface area contributed by atoms with Crippen LogP contribution in [0.15, 0.2) is 12.3 Å². The first-order chi connectivity index (χ1) is 8.38. The minimum absolute atomic E-state index is 0.0224. The number of hydrogen-bond donors (Lipinski definition) is 1. The molecule has 1 aromatic heterocycles. The molecule has 1 unspecified atom stereocenters. The van der Waals surface area contributed by atoms with Crippen molar-refractivity contribution in [2.45, 2.75) is 25.7 Å². The van der Waals surface area contributed by atoms with Crippen molar-refractivity contribution >= 4 is 5.97 Å². The molecule has 1 heterocycles. The molecule has 0 amide bonds. The zero-order chi connectivity index (χ0) is 13.8. The molecule has 5 nitrogen and oxygen atoms in total. The van der Waals surface area contributed by atoms with Crippen LogP contribution in [-0.2, 0) is 22.3 Å². The summed E-state index contributed by atoms with van der Waals surface area (Å²) in [5, 5.41) is 6.02. The number of carbonyl (C=O) groups excluding carboxylic acids is 1. The topological polar surface area (TPSA) is 56.2 Å². The van der Waals surface area contributed by atoms with Gasteiger partial charge in [-0.15, -0.1) is 0 Å². The van der Waals surface area contributed by atoms with Crippen LogP contribution in [0.4, 0.5) is 13.2 Å². The number of carbonyl (C=O) groups is 1. The van der Waals surface area contributed by atoms with E-state index in [0.717, 1.165) is 10.7 Å². The molecule has 1 aromatic rings. The van der Waals surface area contributed by atoms with E-state index in [-0.39, 0.29) is 13.2 Å². The Bertz CT molecular complexity index is 403. The number of halogens is 3. The number of alkyl halides is 3. The average molecular weight is 265 g/mol. The van der Waals surface area contributed by atoms with Crippen LogP contribution in [0.25, 0.3) is 0 Å². The molecule has 0 bridgehead atoms. The number of esters is 1. The van der Waals surface area contributed by atoms with Crippen LogP contribution < -0.4 is 5.32 Å². The van der Waals surface area contributed by atoms with Crippen LogP contribution in [-0.4, -0.2) is 35.4 Å². The van der Waals surface area contributed by atoms with Gasteiger partial charge in [0.05, 0.1) is 13.2 Å². The Balaban J connectivity index is 2.71. The first kappa shape index (κ1) is 14.5. The summed E-state index contributed by atoms with van der Waals surface area (Å²) >= 11 is 0. The lowest BCUT2D eigenvalue weighted by Crippen LogP contribution is -2.39. The van der Waals surface area contributed by atoms with Crippen LogP contribution in [0, 0.1) is 0 Å². The van der Waals surface area contributed by atoms with Gasteiger partial charge in [-0.3, -0.25) is 9.48 Å². The van der Waals surface area contributed by atoms with E-state index in [4.69, 9.17) is 4.74 Å². The molecule has 0 spiro atoms. The molecule has 0 fully saturated rings. The summed E-state index contributed by atoms with van der Waals surface area (Å²) in [6.45, 7) is 1.84. The minimum Gasteiger partial charge on any atom is -0.465 e. The Morgan fingerprint density at radius 3 is 2.72 bits per heavy atom. The van der Waals surface area contributed by atoms with E-state index in [2.05, 4.69) is 10.4 Å². The van der Waals surface area contributed by atoms with Gasteiger partial charge in [0, 0.05) is 6.20 Å². The lowest BCUT2D eigenvalue weighted by Gasteiger charge is -2.14. The van der Waals surface area contributed by atoms with Crippen molar-refractivity contribution in [3.8, 4) is 0 Å². The third kappa shape index (κ3) is 3.73. The molecule has 102 valence electrons. The van der Waals surface area contributed by atoms with Crippen molar-refractivity contribution in [2.75, 3.05) is 13.7 Å². The number of nitrogens with one attached hydrogen (secondary N) is 1. The number of nitrogens with zero attached hydrogens (tertiary/aromatic N) is 2. The van der Waals surface area contributed by atoms with Gasteiger partial charge in [0.2, 0.25) is 0 Å². The predicted molar refractivity (Wildman–Crippen MR) is 56.7 cm³/mol.